The van der Waals surface area contributed by atoms with Gasteiger partial charge in [0.1, 0.15) is 29.6 Å². The zero-order valence-corrected chi connectivity index (χ0v) is 21.2. The van der Waals surface area contributed by atoms with E-state index in [1.54, 1.807) is 36.4 Å². The molecule has 1 aliphatic rings. The molecule has 3 aromatic carbocycles. The van der Waals surface area contributed by atoms with Crippen LogP contribution in [-0.2, 0) is 22.6 Å². The molecule has 1 aliphatic heterocycles. The molecule has 0 unspecified atom stereocenters. The maximum absolute atomic E-state index is 14.4. The van der Waals surface area contributed by atoms with Crippen LogP contribution in [0.5, 0.6) is 5.75 Å². The third kappa shape index (κ3) is 5.42. The van der Waals surface area contributed by atoms with Crippen LogP contribution in [0.1, 0.15) is 16.7 Å². The lowest BCUT2D eigenvalue weighted by Gasteiger charge is -2.29. The normalized spacial score (nSPS) is 14.7. The van der Waals surface area contributed by atoms with Gasteiger partial charge >= 0.3 is 0 Å². The van der Waals surface area contributed by atoms with Crippen molar-refractivity contribution in [1.29, 1.82) is 0 Å². The Bertz CT molecular complexity index is 1410. The smallest absolute Gasteiger partial charge is 0.270 e. The highest BCUT2D eigenvalue weighted by atomic mass is 79.9. The molecule has 36 heavy (non-hydrogen) atoms. The molecule has 4 rings (SSSR count). The van der Waals surface area contributed by atoms with Gasteiger partial charge in [0, 0.05) is 0 Å². The first-order valence-corrected chi connectivity index (χ1v) is 11.9. The van der Waals surface area contributed by atoms with Gasteiger partial charge in [0.05, 0.1) is 10.2 Å². The largest absolute Gasteiger partial charge is 0.487 e. The van der Waals surface area contributed by atoms with Crippen LogP contribution in [0.15, 0.2) is 83.4 Å². The quantitative estimate of drug-likeness (QED) is 0.168. The number of nitrogens with one attached hydrogen (secondary N) is 1. The maximum Gasteiger partial charge on any atom is 0.270 e. The molecule has 1 fully saturated rings. The van der Waals surface area contributed by atoms with Gasteiger partial charge in [0.15, 0.2) is 5.11 Å². The van der Waals surface area contributed by atoms with Crippen molar-refractivity contribution in [3.63, 3.8) is 0 Å². The number of ether oxygens (including phenoxy) is 1. The number of carbonyl (C=O) groups excluding carboxylic acids is 2. The van der Waals surface area contributed by atoms with Gasteiger partial charge in [-0.1, -0.05) is 30.3 Å². The van der Waals surface area contributed by atoms with Gasteiger partial charge < -0.3 is 4.74 Å². The highest BCUT2D eigenvalue weighted by Crippen LogP contribution is 2.34. The van der Waals surface area contributed by atoms with Crippen molar-refractivity contribution < 1.29 is 23.1 Å². The SMILES string of the molecule is C=CCc1cc(/C=C2\C(=O)NC(=S)N(c3ccccc3F)C2=O)cc(Br)c1OCc1ccc(F)cc1. The van der Waals surface area contributed by atoms with Crippen LogP contribution < -0.4 is 15.0 Å². The monoisotopic (exact) mass is 568 g/mol. The number of allylic oxidation sites excluding steroid dienone is 1. The van der Waals surface area contributed by atoms with Gasteiger partial charge in [-0.25, -0.2) is 13.7 Å². The molecule has 0 spiro atoms. The molecule has 0 aliphatic carbocycles. The maximum atomic E-state index is 14.4. The number of hydrogen-bond acceptors (Lipinski definition) is 4. The lowest BCUT2D eigenvalue weighted by molar-refractivity contribution is -0.122. The van der Waals surface area contributed by atoms with Crippen molar-refractivity contribution in [2.75, 3.05) is 4.90 Å². The molecule has 1 saturated heterocycles. The first-order valence-electron chi connectivity index (χ1n) is 10.7. The molecular formula is C27H19BrF2N2O3S. The number of carbonyl (C=O) groups is 2. The van der Waals surface area contributed by atoms with Crippen molar-refractivity contribution in [1.82, 2.24) is 5.32 Å². The van der Waals surface area contributed by atoms with Crippen LogP contribution in [0.3, 0.4) is 0 Å². The number of para-hydroxylation sites is 1. The van der Waals surface area contributed by atoms with Crippen LogP contribution in [0, 0.1) is 11.6 Å². The van der Waals surface area contributed by atoms with Gasteiger partial charge in [-0.05, 0) is 93.7 Å². The predicted molar refractivity (Wildman–Crippen MR) is 141 cm³/mol. The van der Waals surface area contributed by atoms with Crippen LogP contribution in [0.4, 0.5) is 14.5 Å². The summed E-state index contributed by atoms with van der Waals surface area (Å²) in [5.41, 5.74) is 1.80. The standard InChI is InChI=1S/C27H19BrF2N2O3S/c1-2-5-18-12-17(14-21(28)24(18)35-15-16-8-10-19(29)11-9-16)13-20-25(33)31-27(36)32(26(20)34)23-7-4-3-6-22(23)30/h2-4,6-14H,1,5,15H2,(H,31,33,36)/b20-13+. The van der Waals surface area contributed by atoms with Crippen molar-refractivity contribution in [2.45, 2.75) is 13.0 Å². The fourth-order valence-electron chi connectivity index (χ4n) is 3.64. The van der Waals surface area contributed by atoms with Gasteiger partial charge in [0.25, 0.3) is 11.8 Å². The first kappa shape index (κ1) is 25.4. The molecule has 0 aromatic heterocycles. The zero-order chi connectivity index (χ0) is 25.8. The van der Waals surface area contributed by atoms with Crippen molar-refractivity contribution in [2.24, 2.45) is 0 Å². The molecule has 2 amide bonds. The van der Waals surface area contributed by atoms with E-state index < -0.39 is 17.6 Å². The van der Waals surface area contributed by atoms with Crippen molar-refractivity contribution >= 4 is 56.8 Å². The fraction of sp³-hybridized carbons (Fsp3) is 0.0741. The Hall–Kier alpha value is -3.69. The molecule has 5 nitrogen and oxygen atoms in total. The van der Waals surface area contributed by atoms with E-state index in [2.05, 4.69) is 27.8 Å². The number of amides is 2. The number of hydrogen-bond donors (Lipinski definition) is 1. The molecule has 0 atom stereocenters. The Balaban J connectivity index is 1.67. The average Bonchev–Trinajstić information content (AvgIpc) is 2.83. The molecule has 182 valence electrons. The van der Waals surface area contributed by atoms with E-state index in [0.29, 0.717) is 22.2 Å². The van der Waals surface area contributed by atoms with Crippen molar-refractivity contribution in [3.05, 3.63) is 112 Å². The summed E-state index contributed by atoms with van der Waals surface area (Å²) < 4.78 is 34.1. The van der Waals surface area contributed by atoms with E-state index in [0.717, 1.165) is 16.0 Å². The van der Waals surface area contributed by atoms with E-state index >= 15 is 0 Å². The van der Waals surface area contributed by atoms with Crippen molar-refractivity contribution in [3.8, 4) is 5.75 Å². The minimum absolute atomic E-state index is 0.0588. The molecule has 1 heterocycles. The zero-order valence-electron chi connectivity index (χ0n) is 18.8. The Kier molecular flexibility index (Phi) is 7.71. The van der Waals surface area contributed by atoms with E-state index in [4.69, 9.17) is 17.0 Å². The summed E-state index contributed by atoms with van der Waals surface area (Å²) in [4.78, 5) is 26.8. The van der Waals surface area contributed by atoms with Gasteiger partial charge in [0.2, 0.25) is 0 Å². The second-order valence-electron chi connectivity index (χ2n) is 7.81. The average molecular weight is 569 g/mol. The van der Waals surface area contributed by atoms with Crippen LogP contribution in [0.2, 0.25) is 0 Å². The van der Waals surface area contributed by atoms with Gasteiger partial charge in [-0.2, -0.15) is 0 Å². The van der Waals surface area contributed by atoms with Crippen LogP contribution in [0.25, 0.3) is 6.08 Å². The molecule has 0 bridgehead atoms. The number of benzene rings is 3. The second kappa shape index (κ2) is 10.9. The van der Waals surface area contributed by atoms with Crippen LogP contribution in [-0.4, -0.2) is 16.9 Å². The van der Waals surface area contributed by atoms with E-state index in [1.807, 2.05) is 0 Å². The van der Waals surface area contributed by atoms with E-state index in [-0.39, 0.29) is 28.8 Å². The first-order chi connectivity index (χ1) is 17.3. The van der Waals surface area contributed by atoms with Gasteiger partial charge in [-0.3, -0.25) is 14.9 Å². The number of nitrogens with zero attached hydrogens (tertiary/aromatic N) is 1. The summed E-state index contributed by atoms with van der Waals surface area (Å²) in [6, 6.07) is 15.1. The Morgan fingerprint density at radius 3 is 2.50 bits per heavy atom. The third-order valence-corrected chi connectivity index (χ3v) is 6.18. The topological polar surface area (TPSA) is 58.6 Å². The number of anilines is 1. The predicted octanol–water partition coefficient (Wildman–Crippen LogP) is 5.87. The number of halogens is 3. The minimum atomic E-state index is -0.744. The van der Waals surface area contributed by atoms with E-state index in [9.17, 15) is 18.4 Å². The summed E-state index contributed by atoms with van der Waals surface area (Å²) in [5.74, 6) is -1.86. The highest BCUT2D eigenvalue weighted by Gasteiger charge is 2.35. The Labute approximate surface area is 220 Å². The molecular weight excluding hydrogens is 550 g/mol. The number of thiocarbonyl (C=S) groups is 1. The lowest BCUT2D eigenvalue weighted by atomic mass is 10.0. The Morgan fingerprint density at radius 1 is 1.08 bits per heavy atom. The molecule has 3 aromatic rings. The molecule has 1 N–H and O–H groups in total. The molecule has 9 heteroatoms. The summed E-state index contributed by atoms with van der Waals surface area (Å²) >= 11 is 8.63. The molecule has 0 radical (unpaired) electrons. The van der Waals surface area contributed by atoms with E-state index in [1.165, 1.54) is 36.4 Å². The van der Waals surface area contributed by atoms with Crippen LogP contribution >= 0.6 is 28.1 Å². The fourth-order valence-corrected chi connectivity index (χ4v) is 4.55. The lowest BCUT2D eigenvalue weighted by Crippen LogP contribution is -2.54. The molecule has 0 saturated carbocycles. The minimum Gasteiger partial charge on any atom is -0.487 e. The third-order valence-electron chi connectivity index (χ3n) is 5.31. The highest BCUT2D eigenvalue weighted by molar-refractivity contribution is 9.10. The summed E-state index contributed by atoms with van der Waals surface area (Å²) in [7, 11) is 0. The van der Waals surface area contributed by atoms with Gasteiger partial charge in [-0.15, -0.1) is 6.58 Å². The summed E-state index contributed by atoms with van der Waals surface area (Å²) in [6.07, 6.45) is 3.55. The Morgan fingerprint density at radius 2 is 1.81 bits per heavy atom. The summed E-state index contributed by atoms with van der Waals surface area (Å²) in [5, 5.41) is 2.24. The number of rotatable bonds is 7. The summed E-state index contributed by atoms with van der Waals surface area (Å²) in [6.45, 7) is 3.99. The second-order valence-corrected chi connectivity index (χ2v) is 9.05.